The van der Waals surface area contributed by atoms with E-state index in [1.54, 1.807) is 0 Å². The summed E-state index contributed by atoms with van der Waals surface area (Å²) in [4.78, 5) is 37.6. The van der Waals surface area contributed by atoms with Crippen molar-refractivity contribution in [3.05, 3.63) is 0 Å². The molecule has 23 heavy (non-hydrogen) atoms. The molecular weight excluding hydrogens is 320 g/mol. The lowest BCUT2D eigenvalue weighted by molar-refractivity contribution is -0.135. The summed E-state index contributed by atoms with van der Waals surface area (Å²) in [5, 5.41) is 8.98. The molecular formula is C15H27ClN4O3. The quantitative estimate of drug-likeness (QED) is 0.641. The zero-order valence-electron chi connectivity index (χ0n) is 14.0. The van der Waals surface area contributed by atoms with Crippen molar-refractivity contribution in [2.45, 2.75) is 64.1 Å². The molecule has 2 rings (SSSR count). The predicted octanol–water partition coefficient (Wildman–Crippen LogP) is 0.776. The van der Waals surface area contributed by atoms with Gasteiger partial charge in [0.05, 0.1) is 0 Å². The third kappa shape index (κ3) is 4.14. The van der Waals surface area contributed by atoms with Gasteiger partial charge in [0, 0.05) is 12.1 Å². The van der Waals surface area contributed by atoms with Crippen LogP contribution in [-0.2, 0) is 9.59 Å². The Morgan fingerprint density at radius 3 is 2.52 bits per heavy atom. The first-order valence-corrected chi connectivity index (χ1v) is 8.08. The number of amides is 4. The summed E-state index contributed by atoms with van der Waals surface area (Å²) in [5.74, 6) is -0.568. The van der Waals surface area contributed by atoms with Crippen LogP contribution in [0.4, 0.5) is 4.79 Å². The molecule has 7 nitrogen and oxygen atoms in total. The Hall–Kier alpha value is -1.34. The molecule has 0 radical (unpaired) electrons. The molecule has 0 aliphatic carbocycles. The van der Waals surface area contributed by atoms with Gasteiger partial charge in [-0.05, 0) is 39.2 Å². The number of nitrogens with zero attached hydrogens (tertiary/aromatic N) is 1. The van der Waals surface area contributed by atoms with E-state index in [4.69, 9.17) is 0 Å². The molecule has 2 heterocycles. The van der Waals surface area contributed by atoms with E-state index >= 15 is 0 Å². The first kappa shape index (κ1) is 19.7. The molecule has 2 aliphatic heterocycles. The molecule has 0 aromatic rings. The van der Waals surface area contributed by atoms with E-state index in [9.17, 15) is 14.4 Å². The van der Waals surface area contributed by atoms with Crippen molar-refractivity contribution in [1.82, 2.24) is 20.9 Å². The molecule has 2 atom stereocenters. The van der Waals surface area contributed by atoms with Crippen LogP contribution in [-0.4, -0.2) is 53.5 Å². The number of nitrogens with one attached hydrogen (secondary N) is 3. The van der Waals surface area contributed by atoms with Crippen LogP contribution in [0.2, 0.25) is 0 Å². The smallest absolute Gasteiger partial charge is 0.325 e. The van der Waals surface area contributed by atoms with Crippen molar-refractivity contribution in [1.29, 1.82) is 0 Å². The van der Waals surface area contributed by atoms with Gasteiger partial charge in [-0.3, -0.25) is 14.5 Å². The molecule has 8 heteroatoms. The highest BCUT2D eigenvalue weighted by atomic mass is 35.5. The lowest BCUT2D eigenvalue weighted by Crippen LogP contribution is -2.50. The van der Waals surface area contributed by atoms with Crippen molar-refractivity contribution in [2.24, 2.45) is 0 Å². The number of hydrogen-bond donors (Lipinski definition) is 3. The minimum atomic E-state index is -0.847. The second-order valence-corrected chi connectivity index (χ2v) is 6.25. The van der Waals surface area contributed by atoms with Gasteiger partial charge in [-0.2, -0.15) is 0 Å². The van der Waals surface area contributed by atoms with E-state index in [1.165, 1.54) is 0 Å². The molecule has 4 amide bonds. The Balaban J connectivity index is 0.00000264. The van der Waals surface area contributed by atoms with Crippen LogP contribution >= 0.6 is 12.4 Å². The Morgan fingerprint density at radius 1 is 1.35 bits per heavy atom. The summed E-state index contributed by atoms with van der Waals surface area (Å²) in [5.41, 5.74) is -0.847. The van der Waals surface area contributed by atoms with Crippen LogP contribution in [0.5, 0.6) is 0 Å². The fraction of sp³-hybridized carbons (Fsp3) is 0.800. The molecule has 2 fully saturated rings. The fourth-order valence-corrected chi connectivity index (χ4v) is 3.23. The molecule has 0 spiro atoms. The number of carbonyl (C=O) groups excluding carboxylic acids is 3. The third-order valence-electron chi connectivity index (χ3n) is 4.74. The predicted molar refractivity (Wildman–Crippen MR) is 89.4 cm³/mol. The Labute approximate surface area is 143 Å². The SMILES string of the molecule is CCC1(CC)NC(=O)N(CC(=O)NC2CCNC(C)C2)C1=O.Cl. The minimum Gasteiger partial charge on any atom is -0.352 e. The highest BCUT2D eigenvalue weighted by Crippen LogP contribution is 2.24. The minimum absolute atomic E-state index is 0. The topological polar surface area (TPSA) is 90.5 Å². The van der Waals surface area contributed by atoms with Crippen LogP contribution in [0.3, 0.4) is 0 Å². The Kier molecular flexibility index (Phi) is 6.83. The maximum Gasteiger partial charge on any atom is 0.325 e. The molecule has 0 aromatic heterocycles. The number of rotatable bonds is 5. The average Bonchev–Trinajstić information content (AvgIpc) is 2.72. The average molecular weight is 347 g/mol. The third-order valence-corrected chi connectivity index (χ3v) is 4.74. The van der Waals surface area contributed by atoms with Crippen LogP contribution in [0.1, 0.15) is 46.5 Å². The molecule has 0 aromatic carbocycles. The van der Waals surface area contributed by atoms with Crippen LogP contribution < -0.4 is 16.0 Å². The monoisotopic (exact) mass is 346 g/mol. The van der Waals surface area contributed by atoms with Gasteiger partial charge in [-0.15, -0.1) is 12.4 Å². The van der Waals surface area contributed by atoms with Crippen LogP contribution in [0, 0.1) is 0 Å². The second-order valence-electron chi connectivity index (χ2n) is 6.25. The standard InChI is InChI=1S/C15H26N4O3.ClH/c1-4-15(5-2)13(21)19(14(22)18-15)9-12(20)17-11-6-7-16-10(3)8-11;/h10-11,16H,4-9H2,1-3H3,(H,17,20)(H,18,22);1H. The van der Waals surface area contributed by atoms with Gasteiger partial charge < -0.3 is 16.0 Å². The molecule has 2 aliphatic rings. The summed E-state index contributed by atoms with van der Waals surface area (Å²) in [6, 6.07) is -0.00208. The highest BCUT2D eigenvalue weighted by Gasteiger charge is 2.49. The maximum absolute atomic E-state index is 12.4. The van der Waals surface area contributed by atoms with Gasteiger partial charge in [0.15, 0.2) is 0 Å². The van der Waals surface area contributed by atoms with E-state index in [0.29, 0.717) is 18.9 Å². The fourth-order valence-electron chi connectivity index (χ4n) is 3.23. The summed E-state index contributed by atoms with van der Waals surface area (Å²) in [7, 11) is 0. The molecule has 2 saturated heterocycles. The highest BCUT2D eigenvalue weighted by molar-refractivity contribution is 6.08. The Morgan fingerprint density at radius 2 is 2.00 bits per heavy atom. The number of carbonyl (C=O) groups is 3. The first-order valence-electron chi connectivity index (χ1n) is 8.08. The van der Waals surface area contributed by atoms with Gasteiger partial charge >= 0.3 is 6.03 Å². The molecule has 3 N–H and O–H groups in total. The number of piperidine rings is 1. The van der Waals surface area contributed by atoms with Crippen molar-refractivity contribution in [3.63, 3.8) is 0 Å². The van der Waals surface area contributed by atoms with Crippen molar-refractivity contribution in [3.8, 4) is 0 Å². The second kappa shape index (κ2) is 7.97. The number of urea groups is 1. The van der Waals surface area contributed by atoms with E-state index in [-0.39, 0.29) is 36.8 Å². The molecule has 2 unspecified atom stereocenters. The normalized spacial score (nSPS) is 26.5. The van der Waals surface area contributed by atoms with E-state index in [0.717, 1.165) is 24.3 Å². The van der Waals surface area contributed by atoms with Gasteiger partial charge in [0.1, 0.15) is 12.1 Å². The molecule has 0 bridgehead atoms. The zero-order valence-corrected chi connectivity index (χ0v) is 14.8. The lowest BCUT2D eigenvalue weighted by atomic mass is 9.93. The van der Waals surface area contributed by atoms with Crippen LogP contribution in [0.15, 0.2) is 0 Å². The summed E-state index contributed by atoms with van der Waals surface area (Å²) in [6.45, 7) is 6.46. The number of imide groups is 1. The van der Waals surface area contributed by atoms with Gasteiger partial charge in [0.2, 0.25) is 5.91 Å². The lowest BCUT2D eigenvalue weighted by Gasteiger charge is -2.29. The number of halogens is 1. The summed E-state index contributed by atoms with van der Waals surface area (Å²) < 4.78 is 0. The van der Waals surface area contributed by atoms with E-state index in [2.05, 4.69) is 22.9 Å². The van der Waals surface area contributed by atoms with Crippen LogP contribution in [0.25, 0.3) is 0 Å². The van der Waals surface area contributed by atoms with E-state index in [1.807, 2.05) is 13.8 Å². The van der Waals surface area contributed by atoms with Gasteiger partial charge in [-0.25, -0.2) is 4.79 Å². The zero-order chi connectivity index (χ0) is 16.3. The largest absolute Gasteiger partial charge is 0.352 e. The molecule has 132 valence electrons. The summed E-state index contributed by atoms with van der Waals surface area (Å²) in [6.07, 6.45) is 2.78. The van der Waals surface area contributed by atoms with Crippen molar-refractivity contribution in [2.75, 3.05) is 13.1 Å². The maximum atomic E-state index is 12.4. The van der Waals surface area contributed by atoms with E-state index < -0.39 is 11.6 Å². The van der Waals surface area contributed by atoms with Crippen molar-refractivity contribution >= 4 is 30.3 Å². The first-order chi connectivity index (χ1) is 10.4. The molecule has 0 saturated carbocycles. The number of hydrogen-bond acceptors (Lipinski definition) is 4. The van der Waals surface area contributed by atoms with Gasteiger partial charge in [0.25, 0.3) is 5.91 Å². The van der Waals surface area contributed by atoms with Crippen molar-refractivity contribution < 1.29 is 14.4 Å². The Bertz CT molecular complexity index is 468. The summed E-state index contributed by atoms with van der Waals surface area (Å²) >= 11 is 0. The van der Waals surface area contributed by atoms with Gasteiger partial charge in [-0.1, -0.05) is 13.8 Å².